The first-order valence-corrected chi connectivity index (χ1v) is 6.09. The number of amides is 1. The number of carbonyl (C=O) groups is 1. The van der Waals surface area contributed by atoms with E-state index in [4.69, 9.17) is 5.73 Å². The number of aryl methyl sites for hydroxylation is 1. The number of nitrogens with two attached hydrogens (primary N) is 1. The molecule has 17 heavy (non-hydrogen) atoms. The van der Waals surface area contributed by atoms with E-state index < -0.39 is 0 Å². The highest BCUT2D eigenvalue weighted by Crippen LogP contribution is 2.13. The molecule has 0 spiro atoms. The number of hydrogen-bond acceptors (Lipinski definition) is 4. The second-order valence-corrected chi connectivity index (χ2v) is 4.59. The molecule has 1 aromatic heterocycles. The molecule has 0 saturated heterocycles. The van der Waals surface area contributed by atoms with E-state index in [0.717, 1.165) is 16.3 Å². The second-order valence-electron chi connectivity index (χ2n) is 3.65. The summed E-state index contributed by atoms with van der Waals surface area (Å²) in [5, 5.41) is 5.26. The van der Waals surface area contributed by atoms with Crippen LogP contribution in [0.5, 0.6) is 0 Å². The monoisotopic (exact) mass is 247 g/mol. The van der Waals surface area contributed by atoms with Gasteiger partial charge in [-0.15, -0.1) is 11.3 Å². The fourth-order valence-electron chi connectivity index (χ4n) is 1.34. The average molecular weight is 247 g/mol. The van der Waals surface area contributed by atoms with E-state index in [2.05, 4.69) is 10.3 Å². The zero-order chi connectivity index (χ0) is 12.3. The molecule has 1 aromatic carbocycles. The summed E-state index contributed by atoms with van der Waals surface area (Å²) in [6.45, 7) is 2.36. The maximum atomic E-state index is 11.8. The molecule has 1 amide bonds. The molecule has 1 heterocycles. The van der Waals surface area contributed by atoms with Crippen LogP contribution in [0.25, 0.3) is 0 Å². The van der Waals surface area contributed by atoms with Crippen LogP contribution in [0.3, 0.4) is 0 Å². The van der Waals surface area contributed by atoms with Crippen LogP contribution in [0.2, 0.25) is 0 Å². The van der Waals surface area contributed by atoms with Gasteiger partial charge in [0.2, 0.25) is 0 Å². The lowest BCUT2D eigenvalue weighted by atomic mass is 10.2. The minimum Gasteiger partial charge on any atom is -0.325 e. The molecule has 0 fully saturated rings. The van der Waals surface area contributed by atoms with Gasteiger partial charge in [-0.1, -0.05) is 17.7 Å². The highest BCUT2D eigenvalue weighted by molar-refractivity contribution is 7.09. The quantitative estimate of drug-likeness (QED) is 0.873. The molecule has 0 unspecified atom stereocenters. The first-order chi connectivity index (χ1) is 8.19. The van der Waals surface area contributed by atoms with Crippen molar-refractivity contribution in [3.63, 3.8) is 0 Å². The summed E-state index contributed by atoms with van der Waals surface area (Å²) in [4.78, 5) is 15.9. The van der Waals surface area contributed by atoms with Crippen LogP contribution in [-0.2, 0) is 6.54 Å². The summed E-state index contributed by atoms with van der Waals surface area (Å²) >= 11 is 1.39. The molecule has 4 nitrogen and oxygen atoms in total. The summed E-state index contributed by atoms with van der Waals surface area (Å²) in [5.41, 5.74) is 7.78. The number of rotatable bonds is 3. The van der Waals surface area contributed by atoms with Crippen LogP contribution in [0.4, 0.5) is 5.69 Å². The fraction of sp³-hybridized carbons (Fsp3) is 0.167. The van der Waals surface area contributed by atoms with Gasteiger partial charge in [-0.3, -0.25) is 4.79 Å². The Kier molecular flexibility index (Phi) is 3.51. The molecule has 0 aliphatic carbocycles. The predicted molar refractivity (Wildman–Crippen MR) is 69.1 cm³/mol. The SMILES string of the molecule is Cc1ccc(NC(=O)c2csc(CN)n2)cc1. The topological polar surface area (TPSA) is 68.0 Å². The Morgan fingerprint density at radius 3 is 2.71 bits per heavy atom. The molecule has 88 valence electrons. The van der Waals surface area contributed by atoms with Gasteiger partial charge >= 0.3 is 0 Å². The van der Waals surface area contributed by atoms with Gasteiger partial charge in [0.05, 0.1) is 0 Å². The molecule has 0 radical (unpaired) electrons. The van der Waals surface area contributed by atoms with Crippen molar-refractivity contribution in [2.75, 3.05) is 5.32 Å². The Morgan fingerprint density at radius 2 is 2.12 bits per heavy atom. The largest absolute Gasteiger partial charge is 0.325 e. The number of aromatic nitrogens is 1. The second kappa shape index (κ2) is 5.07. The van der Waals surface area contributed by atoms with Crippen LogP contribution in [0, 0.1) is 6.92 Å². The molecule has 2 rings (SSSR count). The van der Waals surface area contributed by atoms with E-state index in [-0.39, 0.29) is 5.91 Å². The third-order valence-corrected chi connectivity index (χ3v) is 3.14. The molecule has 2 aromatic rings. The predicted octanol–water partition coefficient (Wildman–Crippen LogP) is 2.16. The number of benzene rings is 1. The van der Waals surface area contributed by atoms with Gasteiger partial charge in [-0.05, 0) is 19.1 Å². The van der Waals surface area contributed by atoms with Crippen LogP contribution in [0.15, 0.2) is 29.6 Å². The summed E-state index contributed by atoms with van der Waals surface area (Å²) < 4.78 is 0. The van der Waals surface area contributed by atoms with Crippen LogP contribution >= 0.6 is 11.3 Å². The van der Waals surface area contributed by atoms with Crippen LogP contribution in [-0.4, -0.2) is 10.9 Å². The summed E-state index contributed by atoms with van der Waals surface area (Å²) in [6, 6.07) is 7.62. The molecule has 0 bridgehead atoms. The van der Waals surface area contributed by atoms with Crippen molar-refractivity contribution < 1.29 is 4.79 Å². The van der Waals surface area contributed by atoms with Gasteiger partial charge in [0, 0.05) is 17.6 Å². The molecular weight excluding hydrogens is 234 g/mol. The van der Waals surface area contributed by atoms with Gasteiger partial charge in [-0.2, -0.15) is 0 Å². The summed E-state index contributed by atoms with van der Waals surface area (Å²) in [5.74, 6) is -0.204. The molecule has 0 atom stereocenters. The Hall–Kier alpha value is -1.72. The zero-order valence-corrected chi connectivity index (χ0v) is 10.3. The zero-order valence-electron chi connectivity index (χ0n) is 9.43. The van der Waals surface area contributed by atoms with Crippen molar-refractivity contribution in [1.82, 2.24) is 4.98 Å². The molecule has 3 N–H and O–H groups in total. The maximum Gasteiger partial charge on any atom is 0.275 e. The minimum absolute atomic E-state index is 0.204. The fourth-order valence-corrected chi connectivity index (χ4v) is 2.00. The first-order valence-electron chi connectivity index (χ1n) is 5.21. The number of thiazole rings is 1. The van der Waals surface area contributed by atoms with E-state index in [9.17, 15) is 4.79 Å². The van der Waals surface area contributed by atoms with Gasteiger partial charge in [0.15, 0.2) is 0 Å². The van der Waals surface area contributed by atoms with Crippen molar-refractivity contribution in [3.05, 3.63) is 45.9 Å². The lowest BCUT2D eigenvalue weighted by Gasteiger charge is -2.03. The van der Waals surface area contributed by atoms with E-state index >= 15 is 0 Å². The summed E-state index contributed by atoms with van der Waals surface area (Å²) in [7, 11) is 0. The normalized spacial score (nSPS) is 10.2. The third kappa shape index (κ3) is 2.89. The van der Waals surface area contributed by atoms with Crippen molar-refractivity contribution >= 4 is 22.9 Å². The Bertz CT molecular complexity index is 519. The third-order valence-electron chi connectivity index (χ3n) is 2.27. The van der Waals surface area contributed by atoms with Crippen LogP contribution in [0.1, 0.15) is 21.1 Å². The Balaban J connectivity index is 2.08. The minimum atomic E-state index is -0.204. The van der Waals surface area contributed by atoms with Crippen molar-refractivity contribution in [2.45, 2.75) is 13.5 Å². The van der Waals surface area contributed by atoms with E-state index in [1.54, 1.807) is 5.38 Å². The number of anilines is 1. The Labute approximate surface area is 103 Å². The lowest BCUT2D eigenvalue weighted by molar-refractivity contribution is 0.102. The highest BCUT2D eigenvalue weighted by atomic mass is 32.1. The molecule has 0 saturated carbocycles. The van der Waals surface area contributed by atoms with Crippen molar-refractivity contribution in [3.8, 4) is 0 Å². The van der Waals surface area contributed by atoms with Crippen molar-refractivity contribution in [2.24, 2.45) is 5.73 Å². The number of carbonyl (C=O) groups excluding carboxylic acids is 1. The maximum absolute atomic E-state index is 11.8. The molecule has 5 heteroatoms. The van der Waals surface area contributed by atoms with E-state index in [0.29, 0.717) is 12.2 Å². The lowest BCUT2D eigenvalue weighted by Crippen LogP contribution is -2.12. The van der Waals surface area contributed by atoms with Crippen LogP contribution < -0.4 is 11.1 Å². The van der Waals surface area contributed by atoms with Crippen molar-refractivity contribution in [1.29, 1.82) is 0 Å². The number of nitrogens with one attached hydrogen (secondary N) is 1. The molecular formula is C12H13N3OS. The highest BCUT2D eigenvalue weighted by Gasteiger charge is 2.10. The van der Waals surface area contributed by atoms with E-state index in [1.165, 1.54) is 11.3 Å². The van der Waals surface area contributed by atoms with Gasteiger partial charge in [0.1, 0.15) is 10.7 Å². The molecule has 0 aliphatic heterocycles. The van der Waals surface area contributed by atoms with Gasteiger partial charge in [-0.25, -0.2) is 4.98 Å². The standard InChI is InChI=1S/C12H13N3OS/c1-8-2-4-9(5-3-8)14-12(16)10-7-17-11(6-13)15-10/h2-5,7H,6,13H2,1H3,(H,14,16). The average Bonchev–Trinajstić information content (AvgIpc) is 2.81. The summed E-state index contributed by atoms with van der Waals surface area (Å²) in [6.07, 6.45) is 0. The van der Waals surface area contributed by atoms with Gasteiger partial charge < -0.3 is 11.1 Å². The smallest absolute Gasteiger partial charge is 0.275 e. The number of hydrogen-bond donors (Lipinski definition) is 2. The Morgan fingerprint density at radius 1 is 1.41 bits per heavy atom. The molecule has 0 aliphatic rings. The van der Waals surface area contributed by atoms with Gasteiger partial charge in [0.25, 0.3) is 5.91 Å². The first kappa shape index (κ1) is 11.8. The van der Waals surface area contributed by atoms with E-state index in [1.807, 2.05) is 31.2 Å². The number of nitrogens with zero attached hydrogens (tertiary/aromatic N) is 1.